The molecule has 2 aliphatic rings. The molecular formula is C16H28O2. The van der Waals surface area contributed by atoms with Crippen LogP contribution in [0.3, 0.4) is 0 Å². The van der Waals surface area contributed by atoms with Crippen molar-refractivity contribution < 1.29 is 9.90 Å². The van der Waals surface area contributed by atoms with E-state index in [1.807, 2.05) is 0 Å². The van der Waals surface area contributed by atoms with Crippen LogP contribution in [0.2, 0.25) is 0 Å². The van der Waals surface area contributed by atoms with Crippen molar-refractivity contribution >= 4 is 5.97 Å². The fraction of sp³-hybridized carbons (Fsp3) is 0.938. The molecule has 18 heavy (non-hydrogen) atoms. The molecular weight excluding hydrogens is 224 g/mol. The lowest BCUT2D eigenvalue weighted by Crippen LogP contribution is -2.42. The van der Waals surface area contributed by atoms with E-state index < -0.39 is 5.97 Å². The summed E-state index contributed by atoms with van der Waals surface area (Å²) in [6.45, 7) is 11.6. The molecule has 0 radical (unpaired) electrons. The summed E-state index contributed by atoms with van der Waals surface area (Å²) in [4.78, 5) is 11.4. The number of carboxylic acid groups (broad SMARTS) is 1. The van der Waals surface area contributed by atoms with Gasteiger partial charge in [-0.1, -0.05) is 41.0 Å². The van der Waals surface area contributed by atoms with E-state index in [2.05, 4.69) is 34.6 Å². The van der Waals surface area contributed by atoms with Gasteiger partial charge in [0.05, 0.1) is 5.92 Å². The van der Waals surface area contributed by atoms with Gasteiger partial charge in [-0.3, -0.25) is 4.79 Å². The minimum atomic E-state index is -0.554. The standard InChI is InChI=1S/C16H28O2/c1-6-16(4,5)14-11-7-10(13(14)9(2)3)8-12(11)15(17)18/h9-14H,6-8H2,1-5H3,(H,17,18). The quantitative estimate of drug-likeness (QED) is 0.819. The zero-order valence-electron chi connectivity index (χ0n) is 12.4. The molecule has 0 aromatic rings. The molecule has 5 atom stereocenters. The van der Waals surface area contributed by atoms with Gasteiger partial charge in [-0.25, -0.2) is 0 Å². The third-order valence-corrected chi connectivity index (χ3v) is 5.97. The molecule has 0 heterocycles. The predicted molar refractivity (Wildman–Crippen MR) is 73.2 cm³/mol. The Hall–Kier alpha value is -0.530. The van der Waals surface area contributed by atoms with Gasteiger partial charge in [-0.05, 0) is 47.8 Å². The van der Waals surface area contributed by atoms with Crippen molar-refractivity contribution in [1.29, 1.82) is 0 Å². The lowest BCUT2D eigenvalue weighted by Gasteiger charge is -2.45. The number of carboxylic acids is 1. The number of fused-ring (bicyclic) bond motifs is 2. The average Bonchev–Trinajstić information content (AvgIpc) is 2.85. The normalized spacial score (nSPS) is 39.6. The van der Waals surface area contributed by atoms with Gasteiger partial charge in [0.2, 0.25) is 0 Å². The molecule has 5 unspecified atom stereocenters. The Morgan fingerprint density at radius 2 is 1.94 bits per heavy atom. The van der Waals surface area contributed by atoms with E-state index in [0.717, 1.165) is 25.2 Å². The van der Waals surface area contributed by atoms with E-state index in [1.165, 1.54) is 0 Å². The predicted octanol–water partition coefficient (Wildman–Crippen LogP) is 4.05. The van der Waals surface area contributed by atoms with Crippen molar-refractivity contribution in [3.8, 4) is 0 Å². The molecule has 2 rings (SSSR count). The molecule has 2 bridgehead atoms. The third-order valence-electron chi connectivity index (χ3n) is 5.97. The lowest BCUT2D eigenvalue weighted by atomic mass is 9.59. The Balaban J connectivity index is 2.30. The second-order valence-electron chi connectivity index (χ2n) is 7.53. The topological polar surface area (TPSA) is 37.3 Å². The van der Waals surface area contributed by atoms with Crippen molar-refractivity contribution in [3.63, 3.8) is 0 Å². The molecule has 0 aromatic carbocycles. The number of aliphatic carboxylic acids is 1. The number of hydrogen-bond acceptors (Lipinski definition) is 1. The summed E-state index contributed by atoms with van der Waals surface area (Å²) in [6, 6.07) is 0. The summed E-state index contributed by atoms with van der Waals surface area (Å²) < 4.78 is 0. The molecule has 0 aliphatic heterocycles. The maximum absolute atomic E-state index is 11.4. The van der Waals surface area contributed by atoms with Gasteiger partial charge in [0.15, 0.2) is 0 Å². The summed E-state index contributed by atoms with van der Waals surface area (Å²) in [5, 5.41) is 9.42. The second-order valence-corrected chi connectivity index (χ2v) is 7.53. The van der Waals surface area contributed by atoms with Crippen LogP contribution in [-0.4, -0.2) is 11.1 Å². The SMILES string of the molecule is CCC(C)(C)C1C2CC(CC2C(=O)O)C1C(C)C. The minimum Gasteiger partial charge on any atom is -0.481 e. The highest BCUT2D eigenvalue weighted by Crippen LogP contribution is 2.62. The first-order valence-electron chi connectivity index (χ1n) is 7.52. The van der Waals surface area contributed by atoms with Crippen LogP contribution >= 0.6 is 0 Å². The fourth-order valence-electron chi connectivity index (χ4n) is 4.98. The summed E-state index contributed by atoms with van der Waals surface area (Å²) >= 11 is 0. The molecule has 0 aromatic heterocycles. The van der Waals surface area contributed by atoms with Crippen LogP contribution in [0.4, 0.5) is 0 Å². The summed E-state index contributed by atoms with van der Waals surface area (Å²) in [7, 11) is 0. The molecule has 2 saturated carbocycles. The molecule has 104 valence electrons. The van der Waals surface area contributed by atoms with Crippen LogP contribution in [0.1, 0.15) is 53.9 Å². The van der Waals surface area contributed by atoms with Crippen LogP contribution in [0.15, 0.2) is 0 Å². The molecule has 2 nitrogen and oxygen atoms in total. The lowest BCUT2D eigenvalue weighted by molar-refractivity contribution is -0.146. The van der Waals surface area contributed by atoms with E-state index >= 15 is 0 Å². The van der Waals surface area contributed by atoms with E-state index in [-0.39, 0.29) is 11.3 Å². The Kier molecular flexibility index (Phi) is 3.50. The number of rotatable bonds is 4. The van der Waals surface area contributed by atoms with Gasteiger partial charge in [-0.15, -0.1) is 0 Å². The maximum atomic E-state index is 11.4. The van der Waals surface area contributed by atoms with Gasteiger partial charge in [0, 0.05) is 0 Å². The fourth-order valence-corrected chi connectivity index (χ4v) is 4.98. The Bertz CT molecular complexity index is 332. The second kappa shape index (κ2) is 4.54. The molecule has 0 amide bonds. The largest absolute Gasteiger partial charge is 0.481 e. The molecule has 0 spiro atoms. The highest BCUT2D eigenvalue weighted by Gasteiger charge is 2.58. The highest BCUT2D eigenvalue weighted by molar-refractivity contribution is 5.71. The Morgan fingerprint density at radius 3 is 2.39 bits per heavy atom. The van der Waals surface area contributed by atoms with Crippen LogP contribution in [-0.2, 0) is 4.79 Å². The minimum absolute atomic E-state index is 0.0687. The molecule has 0 saturated heterocycles. The summed E-state index contributed by atoms with van der Waals surface area (Å²) in [5.74, 6) is 2.48. The zero-order chi connectivity index (χ0) is 13.7. The molecule has 2 aliphatic carbocycles. The summed E-state index contributed by atoms with van der Waals surface area (Å²) in [6.07, 6.45) is 3.24. The smallest absolute Gasteiger partial charge is 0.306 e. The van der Waals surface area contributed by atoms with Gasteiger partial charge in [0.25, 0.3) is 0 Å². The summed E-state index contributed by atoms with van der Waals surface area (Å²) in [5.41, 5.74) is 0.280. The zero-order valence-corrected chi connectivity index (χ0v) is 12.4. The highest BCUT2D eigenvalue weighted by atomic mass is 16.4. The molecule has 1 N–H and O–H groups in total. The first-order chi connectivity index (χ1) is 8.29. The Morgan fingerprint density at radius 1 is 1.33 bits per heavy atom. The first kappa shape index (κ1) is 13.9. The van der Waals surface area contributed by atoms with Gasteiger partial charge >= 0.3 is 5.97 Å². The van der Waals surface area contributed by atoms with Crippen LogP contribution in [0.25, 0.3) is 0 Å². The average molecular weight is 252 g/mol. The Labute approximate surface area is 111 Å². The maximum Gasteiger partial charge on any atom is 0.306 e. The van der Waals surface area contributed by atoms with E-state index in [1.54, 1.807) is 0 Å². The van der Waals surface area contributed by atoms with Gasteiger partial charge < -0.3 is 5.11 Å². The number of hydrogen-bond donors (Lipinski definition) is 1. The van der Waals surface area contributed by atoms with Crippen molar-refractivity contribution in [2.75, 3.05) is 0 Å². The monoisotopic (exact) mass is 252 g/mol. The molecule has 2 heteroatoms. The van der Waals surface area contributed by atoms with E-state index in [0.29, 0.717) is 23.7 Å². The van der Waals surface area contributed by atoms with Gasteiger partial charge in [-0.2, -0.15) is 0 Å². The first-order valence-corrected chi connectivity index (χ1v) is 7.52. The van der Waals surface area contributed by atoms with Crippen LogP contribution < -0.4 is 0 Å². The van der Waals surface area contributed by atoms with Crippen molar-refractivity contribution in [2.45, 2.75) is 53.9 Å². The number of carbonyl (C=O) groups is 1. The van der Waals surface area contributed by atoms with E-state index in [9.17, 15) is 9.90 Å². The third kappa shape index (κ3) is 1.98. The van der Waals surface area contributed by atoms with Crippen LogP contribution in [0.5, 0.6) is 0 Å². The molecule has 2 fully saturated rings. The van der Waals surface area contributed by atoms with Crippen molar-refractivity contribution in [2.24, 2.45) is 40.9 Å². The van der Waals surface area contributed by atoms with Crippen LogP contribution in [0, 0.1) is 40.9 Å². The van der Waals surface area contributed by atoms with Gasteiger partial charge in [0.1, 0.15) is 0 Å². The van der Waals surface area contributed by atoms with Crippen molar-refractivity contribution in [1.82, 2.24) is 0 Å². The van der Waals surface area contributed by atoms with Crippen molar-refractivity contribution in [3.05, 3.63) is 0 Å². The van der Waals surface area contributed by atoms with E-state index in [4.69, 9.17) is 0 Å².